The number of aryl methyl sites for hydroxylation is 1. The lowest BCUT2D eigenvalue weighted by molar-refractivity contribution is 0.104. The van der Waals surface area contributed by atoms with Crippen LogP contribution in [0.15, 0.2) is 42.5 Å². The van der Waals surface area contributed by atoms with Gasteiger partial charge in [-0.2, -0.15) is 0 Å². The number of carbonyl (C=O) groups is 1. The van der Waals surface area contributed by atoms with Gasteiger partial charge in [-0.1, -0.05) is 24.3 Å². The average molecular weight is 312 g/mol. The molecule has 0 aliphatic carbocycles. The van der Waals surface area contributed by atoms with Gasteiger partial charge in [-0.25, -0.2) is 0 Å². The predicted molar refractivity (Wildman–Crippen MR) is 90.6 cm³/mol. The summed E-state index contributed by atoms with van der Waals surface area (Å²) in [6.07, 6.45) is 3.28. The number of allylic oxidation sites excluding steroid dienone is 1. The van der Waals surface area contributed by atoms with Gasteiger partial charge in [0.25, 0.3) is 0 Å². The lowest BCUT2D eigenvalue weighted by Crippen LogP contribution is -1.96. The van der Waals surface area contributed by atoms with Crippen LogP contribution in [0.3, 0.4) is 0 Å². The summed E-state index contributed by atoms with van der Waals surface area (Å²) in [5.41, 5.74) is 2.44. The van der Waals surface area contributed by atoms with Crippen LogP contribution in [0.5, 0.6) is 17.2 Å². The second-order valence-electron chi connectivity index (χ2n) is 5.00. The van der Waals surface area contributed by atoms with Crippen LogP contribution in [-0.4, -0.2) is 27.1 Å². The molecule has 0 spiro atoms. The number of benzene rings is 2. The average Bonchev–Trinajstić information content (AvgIpc) is 2.59. The Morgan fingerprint density at radius 1 is 0.870 bits per heavy atom. The molecule has 0 amide bonds. The zero-order valence-corrected chi connectivity index (χ0v) is 13.8. The number of carbonyl (C=O) groups excluding carboxylic acids is 1. The fraction of sp³-hybridized carbons (Fsp3) is 0.211. The Morgan fingerprint density at radius 2 is 1.57 bits per heavy atom. The molecule has 0 aliphatic rings. The monoisotopic (exact) mass is 312 g/mol. The molecule has 0 bridgehead atoms. The molecule has 0 heterocycles. The summed E-state index contributed by atoms with van der Waals surface area (Å²) in [6, 6.07) is 10.9. The highest BCUT2D eigenvalue weighted by atomic mass is 16.5. The highest BCUT2D eigenvalue weighted by Gasteiger charge is 2.07. The molecule has 4 nitrogen and oxygen atoms in total. The van der Waals surface area contributed by atoms with Gasteiger partial charge in [-0.3, -0.25) is 4.79 Å². The van der Waals surface area contributed by atoms with Crippen LogP contribution in [0.4, 0.5) is 0 Å². The summed E-state index contributed by atoms with van der Waals surface area (Å²) in [6.45, 7) is 1.94. The van der Waals surface area contributed by atoms with Crippen LogP contribution in [0.25, 0.3) is 6.08 Å². The minimum atomic E-state index is -0.0851. The maximum atomic E-state index is 12.3. The zero-order chi connectivity index (χ0) is 16.8. The van der Waals surface area contributed by atoms with Gasteiger partial charge in [0.1, 0.15) is 5.75 Å². The van der Waals surface area contributed by atoms with Gasteiger partial charge in [-0.05, 0) is 42.3 Å². The predicted octanol–water partition coefficient (Wildman–Crippen LogP) is 3.92. The summed E-state index contributed by atoms with van der Waals surface area (Å²) < 4.78 is 15.7. The Kier molecular flexibility index (Phi) is 5.41. The molecule has 2 rings (SSSR count). The molecule has 0 aliphatic heterocycles. The molecule has 0 fully saturated rings. The quantitative estimate of drug-likeness (QED) is 0.599. The van der Waals surface area contributed by atoms with Gasteiger partial charge in [-0.15, -0.1) is 0 Å². The highest BCUT2D eigenvalue weighted by molar-refractivity contribution is 6.07. The summed E-state index contributed by atoms with van der Waals surface area (Å²) >= 11 is 0. The molecule has 0 saturated carbocycles. The summed E-state index contributed by atoms with van der Waals surface area (Å²) in [7, 11) is 4.76. The number of ketones is 1. The summed E-state index contributed by atoms with van der Waals surface area (Å²) in [5, 5.41) is 0. The molecule has 0 saturated heterocycles. The lowest BCUT2D eigenvalue weighted by Gasteiger charge is -2.07. The maximum Gasteiger partial charge on any atom is 0.185 e. The van der Waals surface area contributed by atoms with Gasteiger partial charge < -0.3 is 14.2 Å². The van der Waals surface area contributed by atoms with Crippen molar-refractivity contribution in [2.75, 3.05) is 21.3 Å². The van der Waals surface area contributed by atoms with Crippen molar-refractivity contribution in [3.63, 3.8) is 0 Å². The van der Waals surface area contributed by atoms with Gasteiger partial charge in [0.15, 0.2) is 17.3 Å². The van der Waals surface area contributed by atoms with E-state index in [1.54, 1.807) is 45.6 Å². The summed E-state index contributed by atoms with van der Waals surface area (Å²) in [5.74, 6) is 1.90. The van der Waals surface area contributed by atoms with Crippen molar-refractivity contribution in [1.82, 2.24) is 0 Å². The molecular weight excluding hydrogens is 292 g/mol. The molecule has 2 aromatic carbocycles. The van der Waals surface area contributed by atoms with Crippen molar-refractivity contribution in [1.29, 1.82) is 0 Å². The SMILES string of the molecule is COc1cc(C(=O)/C=C/c2ccc(OC)c(OC)c2)ccc1C. The van der Waals surface area contributed by atoms with Gasteiger partial charge in [0.2, 0.25) is 0 Å². The fourth-order valence-electron chi connectivity index (χ4n) is 2.20. The van der Waals surface area contributed by atoms with E-state index in [1.165, 1.54) is 6.08 Å². The van der Waals surface area contributed by atoms with Crippen molar-refractivity contribution in [2.24, 2.45) is 0 Å². The normalized spacial score (nSPS) is 10.6. The van der Waals surface area contributed by atoms with Crippen molar-refractivity contribution in [2.45, 2.75) is 6.92 Å². The van der Waals surface area contributed by atoms with E-state index >= 15 is 0 Å². The second-order valence-corrected chi connectivity index (χ2v) is 5.00. The molecule has 0 unspecified atom stereocenters. The highest BCUT2D eigenvalue weighted by Crippen LogP contribution is 2.28. The number of ether oxygens (including phenoxy) is 3. The van der Waals surface area contributed by atoms with Crippen molar-refractivity contribution >= 4 is 11.9 Å². The molecule has 23 heavy (non-hydrogen) atoms. The zero-order valence-electron chi connectivity index (χ0n) is 13.8. The molecule has 4 heteroatoms. The Bertz CT molecular complexity index is 732. The fourth-order valence-corrected chi connectivity index (χ4v) is 2.20. The van der Waals surface area contributed by atoms with E-state index in [1.807, 2.05) is 25.1 Å². The molecule has 0 radical (unpaired) electrons. The molecule has 0 atom stereocenters. The van der Waals surface area contributed by atoms with E-state index in [0.717, 1.165) is 11.1 Å². The van der Waals surface area contributed by atoms with Gasteiger partial charge in [0.05, 0.1) is 21.3 Å². The van der Waals surface area contributed by atoms with Crippen molar-refractivity contribution < 1.29 is 19.0 Å². The first-order chi connectivity index (χ1) is 11.1. The van der Waals surface area contributed by atoms with Crippen LogP contribution >= 0.6 is 0 Å². The molecule has 2 aromatic rings. The molecule has 0 aromatic heterocycles. The van der Waals surface area contributed by atoms with Gasteiger partial charge >= 0.3 is 0 Å². The van der Waals surface area contributed by atoms with Crippen LogP contribution in [0.1, 0.15) is 21.5 Å². The number of rotatable bonds is 6. The van der Waals surface area contributed by atoms with Crippen LogP contribution in [-0.2, 0) is 0 Å². The first-order valence-corrected chi connectivity index (χ1v) is 7.18. The van der Waals surface area contributed by atoms with Crippen LogP contribution in [0, 0.1) is 6.92 Å². The standard InChI is InChI=1S/C19H20O4/c1-13-5-8-15(12-18(13)22-3)16(20)9-6-14-7-10-17(21-2)19(11-14)23-4/h5-12H,1-4H3/b9-6+. The van der Waals surface area contributed by atoms with Crippen LogP contribution in [0.2, 0.25) is 0 Å². The maximum absolute atomic E-state index is 12.3. The molecule has 120 valence electrons. The Morgan fingerprint density at radius 3 is 2.22 bits per heavy atom. The van der Waals surface area contributed by atoms with Crippen molar-refractivity contribution in [3.05, 3.63) is 59.2 Å². The topological polar surface area (TPSA) is 44.8 Å². The minimum Gasteiger partial charge on any atom is -0.496 e. The van der Waals surface area contributed by atoms with Crippen LogP contribution < -0.4 is 14.2 Å². The minimum absolute atomic E-state index is 0.0851. The first-order valence-electron chi connectivity index (χ1n) is 7.18. The van der Waals surface area contributed by atoms with E-state index < -0.39 is 0 Å². The van der Waals surface area contributed by atoms with E-state index in [2.05, 4.69) is 0 Å². The second kappa shape index (κ2) is 7.49. The van der Waals surface area contributed by atoms with Crippen molar-refractivity contribution in [3.8, 4) is 17.2 Å². The van der Waals surface area contributed by atoms with E-state index in [0.29, 0.717) is 22.8 Å². The third-order valence-corrected chi connectivity index (χ3v) is 3.53. The molecular formula is C19H20O4. The first kappa shape index (κ1) is 16.6. The Hall–Kier alpha value is -2.75. The third-order valence-electron chi connectivity index (χ3n) is 3.53. The molecule has 0 N–H and O–H groups in total. The number of hydrogen-bond donors (Lipinski definition) is 0. The lowest BCUT2D eigenvalue weighted by atomic mass is 10.1. The van der Waals surface area contributed by atoms with Gasteiger partial charge in [0, 0.05) is 5.56 Å². The summed E-state index contributed by atoms with van der Waals surface area (Å²) in [4.78, 5) is 12.3. The van der Waals surface area contributed by atoms with E-state index in [4.69, 9.17) is 14.2 Å². The Balaban J connectivity index is 2.21. The smallest absolute Gasteiger partial charge is 0.185 e. The van der Waals surface area contributed by atoms with E-state index in [9.17, 15) is 4.79 Å². The Labute approximate surface area is 136 Å². The largest absolute Gasteiger partial charge is 0.496 e. The number of hydrogen-bond acceptors (Lipinski definition) is 4. The third kappa shape index (κ3) is 3.92. The number of methoxy groups -OCH3 is 3. The van der Waals surface area contributed by atoms with E-state index in [-0.39, 0.29) is 5.78 Å².